The molecule has 3 heteroatoms. The molecule has 0 aliphatic heterocycles. The molecule has 1 aliphatic rings. The summed E-state index contributed by atoms with van der Waals surface area (Å²) in [5.41, 5.74) is 2.23. The summed E-state index contributed by atoms with van der Waals surface area (Å²) in [6.45, 7) is 0.778. The van der Waals surface area contributed by atoms with Crippen LogP contribution in [0.15, 0.2) is 42.7 Å². The van der Waals surface area contributed by atoms with Crippen LogP contribution in [0.3, 0.4) is 0 Å². The van der Waals surface area contributed by atoms with Gasteiger partial charge in [0.15, 0.2) is 0 Å². The highest BCUT2D eigenvalue weighted by atomic mass is 15.0. The van der Waals surface area contributed by atoms with Crippen LogP contribution in [0.5, 0.6) is 0 Å². The van der Waals surface area contributed by atoms with Crippen LogP contribution in [0.4, 0.5) is 0 Å². The molecule has 1 aliphatic carbocycles. The van der Waals surface area contributed by atoms with Crippen LogP contribution in [0.2, 0.25) is 0 Å². The molecule has 0 spiro atoms. The summed E-state index contributed by atoms with van der Waals surface area (Å²) in [6, 6.07) is 10.9. The molecule has 0 atom stereocenters. The lowest BCUT2D eigenvalue weighted by atomic mass is 10.1. The Morgan fingerprint density at radius 1 is 1.00 bits per heavy atom. The van der Waals surface area contributed by atoms with Gasteiger partial charge in [0.2, 0.25) is 0 Å². The first-order chi connectivity index (χ1) is 8.42. The summed E-state index contributed by atoms with van der Waals surface area (Å²) < 4.78 is 0. The summed E-state index contributed by atoms with van der Waals surface area (Å²) in [4.78, 5) is 8.76. The van der Waals surface area contributed by atoms with Gasteiger partial charge >= 0.3 is 0 Å². The number of nitrogens with zero attached hydrogens (tertiary/aromatic N) is 2. The van der Waals surface area contributed by atoms with Gasteiger partial charge in [0.25, 0.3) is 0 Å². The molecular weight excluding hydrogens is 210 g/mol. The van der Waals surface area contributed by atoms with E-state index < -0.39 is 0 Å². The average Bonchev–Trinajstić information content (AvgIpc) is 3.22. The highest BCUT2D eigenvalue weighted by Gasteiger charge is 2.20. The summed E-state index contributed by atoms with van der Waals surface area (Å²) in [6.07, 6.45) is 6.38. The topological polar surface area (TPSA) is 37.8 Å². The van der Waals surface area contributed by atoms with Crippen LogP contribution in [-0.2, 0) is 6.54 Å². The second-order valence-electron chi connectivity index (χ2n) is 4.41. The Morgan fingerprint density at radius 2 is 1.71 bits per heavy atom. The number of hydrogen-bond acceptors (Lipinski definition) is 3. The molecule has 2 aromatic rings. The number of benzene rings is 1. The largest absolute Gasteiger partial charge is 0.307 e. The summed E-state index contributed by atoms with van der Waals surface area (Å²) in [7, 11) is 0. The minimum absolute atomic E-state index is 0.701. The van der Waals surface area contributed by atoms with Crippen LogP contribution in [0.25, 0.3) is 11.1 Å². The molecule has 1 fully saturated rings. The minimum Gasteiger partial charge on any atom is -0.307 e. The van der Waals surface area contributed by atoms with Crippen molar-refractivity contribution in [2.24, 2.45) is 0 Å². The summed E-state index contributed by atoms with van der Waals surface area (Å²) >= 11 is 0. The third-order valence-electron chi connectivity index (χ3n) is 2.94. The predicted octanol–water partition coefficient (Wildman–Crippen LogP) is 2.40. The number of nitrogens with one attached hydrogen (secondary N) is 1. The second kappa shape index (κ2) is 4.63. The monoisotopic (exact) mass is 225 g/mol. The molecule has 1 aromatic heterocycles. The lowest BCUT2D eigenvalue weighted by molar-refractivity contribution is 0.658. The maximum absolute atomic E-state index is 4.38. The molecular formula is C14H15N3. The molecule has 1 aromatic carbocycles. The maximum atomic E-state index is 4.38. The normalized spacial score (nSPS) is 14.8. The van der Waals surface area contributed by atoms with Gasteiger partial charge in [-0.2, -0.15) is 0 Å². The Hall–Kier alpha value is -1.74. The van der Waals surface area contributed by atoms with Gasteiger partial charge in [-0.1, -0.05) is 30.3 Å². The Balaban J connectivity index is 1.70. The molecule has 0 radical (unpaired) electrons. The van der Waals surface area contributed by atoms with Crippen LogP contribution in [0, 0.1) is 0 Å². The van der Waals surface area contributed by atoms with Gasteiger partial charge in [0, 0.05) is 24.0 Å². The van der Waals surface area contributed by atoms with Crippen molar-refractivity contribution in [3.05, 3.63) is 48.5 Å². The van der Waals surface area contributed by atoms with Gasteiger partial charge in [-0.15, -0.1) is 0 Å². The van der Waals surface area contributed by atoms with Crippen molar-refractivity contribution in [3.63, 3.8) is 0 Å². The van der Waals surface area contributed by atoms with Crippen LogP contribution in [-0.4, -0.2) is 16.0 Å². The third kappa shape index (κ3) is 2.68. The van der Waals surface area contributed by atoms with E-state index in [1.807, 2.05) is 30.6 Å². The molecule has 0 amide bonds. The minimum atomic E-state index is 0.701. The van der Waals surface area contributed by atoms with Crippen molar-refractivity contribution in [2.45, 2.75) is 25.4 Å². The van der Waals surface area contributed by atoms with Crippen molar-refractivity contribution in [1.82, 2.24) is 15.3 Å². The van der Waals surface area contributed by atoms with E-state index in [0.29, 0.717) is 6.04 Å². The fourth-order valence-electron chi connectivity index (χ4n) is 1.75. The van der Waals surface area contributed by atoms with Crippen molar-refractivity contribution in [2.75, 3.05) is 0 Å². The lowest BCUT2D eigenvalue weighted by Gasteiger charge is -2.03. The van der Waals surface area contributed by atoms with Gasteiger partial charge in [0.05, 0.1) is 6.54 Å². The van der Waals surface area contributed by atoms with E-state index in [9.17, 15) is 0 Å². The van der Waals surface area contributed by atoms with E-state index >= 15 is 0 Å². The van der Waals surface area contributed by atoms with Gasteiger partial charge in [-0.25, -0.2) is 9.97 Å². The number of hydrogen-bond donors (Lipinski definition) is 1. The second-order valence-corrected chi connectivity index (χ2v) is 4.41. The highest BCUT2D eigenvalue weighted by Crippen LogP contribution is 2.19. The quantitative estimate of drug-likeness (QED) is 0.868. The maximum Gasteiger partial charge on any atom is 0.141 e. The third-order valence-corrected chi connectivity index (χ3v) is 2.94. The molecule has 17 heavy (non-hydrogen) atoms. The Bertz CT molecular complexity index is 475. The Kier molecular flexibility index (Phi) is 2.84. The Morgan fingerprint density at radius 3 is 2.35 bits per heavy atom. The van der Waals surface area contributed by atoms with Gasteiger partial charge < -0.3 is 5.32 Å². The molecule has 86 valence electrons. The van der Waals surface area contributed by atoms with Gasteiger partial charge in [0.1, 0.15) is 5.82 Å². The van der Waals surface area contributed by atoms with Gasteiger partial charge in [-0.05, 0) is 18.4 Å². The molecule has 0 bridgehead atoms. The fourth-order valence-corrected chi connectivity index (χ4v) is 1.75. The van der Waals surface area contributed by atoms with Crippen LogP contribution >= 0.6 is 0 Å². The molecule has 1 saturated carbocycles. The molecule has 3 nitrogen and oxygen atoms in total. The van der Waals surface area contributed by atoms with E-state index in [1.165, 1.54) is 12.8 Å². The molecule has 0 saturated heterocycles. The smallest absolute Gasteiger partial charge is 0.141 e. The van der Waals surface area contributed by atoms with Crippen molar-refractivity contribution < 1.29 is 0 Å². The zero-order chi connectivity index (χ0) is 11.5. The van der Waals surface area contributed by atoms with E-state index in [2.05, 4.69) is 27.4 Å². The molecule has 1 heterocycles. The van der Waals surface area contributed by atoms with E-state index in [-0.39, 0.29) is 0 Å². The average molecular weight is 225 g/mol. The summed E-state index contributed by atoms with van der Waals surface area (Å²) in [5.74, 6) is 0.872. The SMILES string of the molecule is c1ccc(-c2cnc(CNC3CC3)nc2)cc1. The van der Waals surface area contributed by atoms with Crippen molar-refractivity contribution in [3.8, 4) is 11.1 Å². The van der Waals surface area contributed by atoms with Crippen LogP contribution < -0.4 is 5.32 Å². The first kappa shape index (κ1) is 10.4. The predicted molar refractivity (Wildman–Crippen MR) is 67.3 cm³/mol. The van der Waals surface area contributed by atoms with E-state index in [0.717, 1.165) is 23.5 Å². The zero-order valence-electron chi connectivity index (χ0n) is 9.63. The van der Waals surface area contributed by atoms with Crippen LogP contribution in [0.1, 0.15) is 18.7 Å². The first-order valence-electron chi connectivity index (χ1n) is 6.01. The van der Waals surface area contributed by atoms with E-state index in [4.69, 9.17) is 0 Å². The van der Waals surface area contributed by atoms with Crippen molar-refractivity contribution >= 4 is 0 Å². The first-order valence-corrected chi connectivity index (χ1v) is 6.01. The molecule has 3 rings (SSSR count). The highest BCUT2D eigenvalue weighted by molar-refractivity contribution is 5.60. The van der Waals surface area contributed by atoms with Gasteiger partial charge in [-0.3, -0.25) is 0 Å². The zero-order valence-corrected chi connectivity index (χ0v) is 9.63. The summed E-state index contributed by atoms with van der Waals surface area (Å²) in [5, 5.41) is 3.41. The molecule has 0 unspecified atom stereocenters. The Labute approximate surface area is 101 Å². The number of aromatic nitrogens is 2. The van der Waals surface area contributed by atoms with Crippen molar-refractivity contribution in [1.29, 1.82) is 0 Å². The molecule has 1 N–H and O–H groups in total. The number of rotatable bonds is 4. The standard InChI is InChI=1S/C14H15N3/c1-2-4-11(5-3-1)12-8-16-14(17-9-12)10-15-13-6-7-13/h1-5,8-9,13,15H,6-7,10H2. The van der Waals surface area contributed by atoms with E-state index in [1.54, 1.807) is 0 Å². The lowest BCUT2D eigenvalue weighted by Crippen LogP contribution is -2.17. The fraction of sp³-hybridized carbons (Fsp3) is 0.286.